The van der Waals surface area contributed by atoms with Gasteiger partial charge in [0.2, 0.25) is 0 Å². The van der Waals surface area contributed by atoms with E-state index in [4.69, 9.17) is 0 Å². The summed E-state index contributed by atoms with van der Waals surface area (Å²) < 4.78 is 14.1. The first-order chi connectivity index (χ1) is 8.58. The van der Waals surface area contributed by atoms with E-state index in [1.54, 1.807) is 12.1 Å². The second-order valence-corrected chi connectivity index (χ2v) is 4.94. The molecule has 2 aromatic rings. The maximum Gasteiger partial charge on any atom is 0.165 e. The third-order valence-corrected chi connectivity index (χ3v) is 3.32. The van der Waals surface area contributed by atoms with Crippen LogP contribution in [0.4, 0.5) is 10.1 Å². The number of aryl methyl sites for hydroxylation is 1. The number of nitrogens with one attached hydrogen (secondary N) is 1. The van der Waals surface area contributed by atoms with Gasteiger partial charge in [0.15, 0.2) is 11.6 Å². The Morgan fingerprint density at radius 3 is 2.78 bits per heavy atom. The Morgan fingerprint density at radius 1 is 1.28 bits per heavy atom. The van der Waals surface area contributed by atoms with Gasteiger partial charge in [-0.15, -0.1) is 0 Å². The van der Waals surface area contributed by atoms with Crippen LogP contribution in [-0.4, -0.2) is 5.11 Å². The number of para-hydroxylation sites is 1. The van der Waals surface area contributed by atoms with Crippen LogP contribution in [0.5, 0.6) is 5.75 Å². The first kappa shape index (κ1) is 12.9. The zero-order valence-electron chi connectivity index (χ0n) is 9.87. The molecule has 2 nitrogen and oxygen atoms in total. The minimum atomic E-state index is -0.600. The largest absolute Gasteiger partial charge is 0.505 e. The Bertz CT molecular complexity index is 572. The quantitative estimate of drug-likeness (QED) is 0.890. The minimum absolute atomic E-state index is 0.298. The summed E-state index contributed by atoms with van der Waals surface area (Å²) in [6, 6.07) is 10.4. The van der Waals surface area contributed by atoms with Crippen molar-refractivity contribution in [3.63, 3.8) is 0 Å². The fourth-order valence-corrected chi connectivity index (χ4v) is 2.29. The van der Waals surface area contributed by atoms with Crippen molar-refractivity contribution in [2.45, 2.75) is 13.5 Å². The van der Waals surface area contributed by atoms with Gasteiger partial charge >= 0.3 is 0 Å². The molecule has 0 fully saturated rings. The molecule has 0 amide bonds. The van der Waals surface area contributed by atoms with Gasteiger partial charge in [-0.05, 0) is 46.6 Å². The van der Waals surface area contributed by atoms with E-state index in [1.807, 2.05) is 25.1 Å². The molecule has 0 saturated carbocycles. The third-order valence-electron chi connectivity index (χ3n) is 2.66. The molecule has 2 rings (SSSR count). The molecular formula is C14H13BrFNO. The number of benzene rings is 2. The van der Waals surface area contributed by atoms with E-state index in [9.17, 15) is 9.50 Å². The van der Waals surface area contributed by atoms with Crippen molar-refractivity contribution in [3.8, 4) is 5.75 Å². The smallest absolute Gasteiger partial charge is 0.165 e. The van der Waals surface area contributed by atoms with E-state index in [-0.39, 0.29) is 5.75 Å². The van der Waals surface area contributed by atoms with E-state index in [2.05, 4.69) is 21.2 Å². The lowest BCUT2D eigenvalue weighted by Crippen LogP contribution is -2.01. The SMILES string of the molecule is Cc1ccc(NCc2cccc(F)c2O)c(Br)c1. The molecular weight excluding hydrogens is 297 g/mol. The van der Waals surface area contributed by atoms with Gasteiger partial charge in [0.1, 0.15) is 0 Å². The Hall–Kier alpha value is -1.55. The molecule has 4 heteroatoms. The normalized spacial score (nSPS) is 10.4. The summed E-state index contributed by atoms with van der Waals surface area (Å²) in [6.07, 6.45) is 0. The molecule has 0 heterocycles. The van der Waals surface area contributed by atoms with Crippen LogP contribution in [0.1, 0.15) is 11.1 Å². The van der Waals surface area contributed by atoms with Gasteiger partial charge in [-0.2, -0.15) is 0 Å². The molecule has 0 aromatic heterocycles. The zero-order chi connectivity index (χ0) is 13.1. The number of hydrogen-bond donors (Lipinski definition) is 2. The van der Waals surface area contributed by atoms with Crippen LogP contribution in [0.3, 0.4) is 0 Å². The highest BCUT2D eigenvalue weighted by atomic mass is 79.9. The lowest BCUT2D eigenvalue weighted by molar-refractivity contribution is 0.427. The van der Waals surface area contributed by atoms with Gasteiger partial charge in [-0.3, -0.25) is 0 Å². The molecule has 18 heavy (non-hydrogen) atoms. The molecule has 0 saturated heterocycles. The number of rotatable bonds is 3. The van der Waals surface area contributed by atoms with Gasteiger partial charge in [0.05, 0.1) is 0 Å². The van der Waals surface area contributed by atoms with Crippen molar-refractivity contribution in [2.24, 2.45) is 0 Å². The van der Waals surface area contributed by atoms with Crippen LogP contribution in [-0.2, 0) is 6.54 Å². The Labute approximate surface area is 114 Å². The maximum absolute atomic E-state index is 13.2. The van der Waals surface area contributed by atoms with Crippen molar-refractivity contribution < 1.29 is 9.50 Å². The van der Waals surface area contributed by atoms with Crippen molar-refractivity contribution >= 4 is 21.6 Å². The van der Waals surface area contributed by atoms with Gasteiger partial charge < -0.3 is 10.4 Å². The van der Waals surface area contributed by atoms with Crippen molar-refractivity contribution in [3.05, 3.63) is 57.8 Å². The summed E-state index contributed by atoms with van der Waals surface area (Å²) in [5.74, 6) is -0.898. The standard InChI is InChI=1S/C14H13BrFNO/c1-9-5-6-13(11(15)7-9)17-8-10-3-2-4-12(16)14(10)18/h2-7,17-18H,8H2,1H3. The third kappa shape index (κ3) is 2.82. The van der Waals surface area contributed by atoms with E-state index < -0.39 is 5.82 Å². The average molecular weight is 310 g/mol. The molecule has 0 aliphatic rings. The van der Waals surface area contributed by atoms with Crippen molar-refractivity contribution in [1.82, 2.24) is 0 Å². The highest BCUT2D eigenvalue weighted by molar-refractivity contribution is 9.10. The topological polar surface area (TPSA) is 32.3 Å². The first-order valence-corrected chi connectivity index (χ1v) is 6.33. The average Bonchev–Trinajstić information content (AvgIpc) is 2.33. The molecule has 2 aromatic carbocycles. The van der Waals surface area contributed by atoms with Gasteiger partial charge in [-0.1, -0.05) is 18.2 Å². The molecule has 0 radical (unpaired) electrons. The summed E-state index contributed by atoms with van der Waals surface area (Å²) in [6.45, 7) is 2.37. The Kier molecular flexibility index (Phi) is 3.87. The highest BCUT2D eigenvalue weighted by Gasteiger charge is 2.06. The van der Waals surface area contributed by atoms with E-state index in [0.29, 0.717) is 12.1 Å². The molecule has 0 aliphatic carbocycles. The van der Waals surface area contributed by atoms with Gasteiger partial charge in [-0.25, -0.2) is 4.39 Å². The molecule has 0 bridgehead atoms. The van der Waals surface area contributed by atoms with Crippen LogP contribution in [0.2, 0.25) is 0 Å². The second-order valence-electron chi connectivity index (χ2n) is 4.08. The number of anilines is 1. The van der Waals surface area contributed by atoms with E-state index in [0.717, 1.165) is 15.7 Å². The van der Waals surface area contributed by atoms with E-state index in [1.165, 1.54) is 6.07 Å². The Morgan fingerprint density at radius 2 is 2.06 bits per heavy atom. The van der Waals surface area contributed by atoms with Crippen LogP contribution in [0.15, 0.2) is 40.9 Å². The fraction of sp³-hybridized carbons (Fsp3) is 0.143. The number of phenolic OH excluding ortho intramolecular Hbond substituents is 1. The number of phenols is 1. The van der Waals surface area contributed by atoms with Crippen molar-refractivity contribution in [1.29, 1.82) is 0 Å². The predicted octanol–water partition coefficient (Wildman–Crippen LogP) is 4.21. The molecule has 0 atom stereocenters. The van der Waals surface area contributed by atoms with Crippen LogP contribution in [0.25, 0.3) is 0 Å². The lowest BCUT2D eigenvalue weighted by Gasteiger charge is -2.10. The number of halogens is 2. The molecule has 0 spiro atoms. The van der Waals surface area contributed by atoms with Crippen LogP contribution >= 0.6 is 15.9 Å². The second kappa shape index (κ2) is 5.40. The number of aromatic hydroxyl groups is 1. The Balaban J connectivity index is 2.14. The zero-order valence-corrected chi connectivity index (χ0v) is 11.5. The highest BCUT2D eigenvalue weighted by Crippen LogP contribution is 2.26. The minimum Gasteiger partial charge on any atom is -0.505 e. The van der Waals surface area contributed by atoms with E-state index >= 15 is 0 Å². The molecule has 0 aliphatic heterocycles. The summed E-state index contributed by atoms with van der Waals surface area (Å²) in [5, 5.41) is 12.7. The van der Waals surface area contributed by atoms with Crippen molar-refractivity contribution in [2.75, 3.05) is 5.32 Å². The summed E-state index contributed by atoms with van der Waals surface area (Å²) in [5.41, 5.74) is 2.59. The van der Waals surface area contributed by atoms with Crippen LogP contribution < -0.4 is 5.32 Å². The fourth-order valence-electron chi connectivity index (χ4n) is 1.66. The van der Waals surface area contributed by atoms with Crippen LogP contribution in [0, 0.1) is 12.7 Å². The lowest BCUT2D eigenvalue weighted by atomic mass is 10.2. The summed E-state index contributed by atoms with van der Waals surface area (Å²) in [7, 11) is 0. The molecule has 94 valence electrons. The van der Waals surface area contributed by atoms with Gasteiger partial charge in [0.25, 0.3) is 0 Å². The van der Waals surface area contributed by atoms with Gasteiger partial charge in [0, 0.05) is 22.3 Å². The summed E-state index contributed by atoms with van der Waals surface area (Å²) in [4.78, 5) is 0. The molecule has 0 unspecified atom stereocenters. The monoisotopic (exact) mass is 309 g/mol. The maximum atomic E-state index is 13.2. The number of hydrogen-bond acceptors (Lipinski definition) is 2. The first-order valence-electron chi connectivity index (χ1n) is 5.54. The molecule has 2 N–H and O–H groups in total. The predicted molar refractivity (Wildman–Crippen MR) is 74.3 cm³/mol. The summed E-state index contributed by atoms with van der Waals surface area (Å²) >= 11 is 3.45.